The van der Waals surface area contributed by atoms with Crippen LogP contribution >= 0.6 is 12.2 Å². The smallest absolute Gasteiger partial charge is 0.166 e. The minimum atomic E-state index is 0.790. The highest BCUT2D eigenvalue weighted by Crippen LogP contribution is 2.23. The van der Waals surface area contributed by atoms with Crippen LogP contribution in [0.2, 0.25) is 0 Å². The van der Waals surface area contributed by atoms with Crippen LogP contribution in [0.15, 0.2) is 0 Å². The van der Waals surface area contributed by atoms with Gasteiger partial charge in [0.25, 0.3) is 0 Å². The van der Waals surface area contributed by atoms with Crippen molar-refractivity contribution in [3.63, 3.8) is 0 Å². The third-order valence-electron chi connectivity index (χ3n) is 2.84. The molecule has 3 nitrogen and oxygen atoms in total. The summed E-state index contributed by atoms with van der Waals surface area (Å²) in [4.78, 5) is 0. The van der Waals surface area contributed by atoms with Crippen molar-refractivity contribution in [3.05, 3.63) is 0 Å². The molecule has 0 aromatic carbocycles. The molecule has 4 heteroatoms. The summed E-state index contributed by atoms with van der Waals surface area (Å²) in [6, 6.07) is 0. The summed E-state index contributed by atoms with van der Waals surface area (Å²) in [6.07, 6.45) is 6.50. The molecule has 0 heterocycles. The third-order valence-corrected chi connectivity index (χ3v) is 3.13. The maximum atomic E-state index is 5.18. The quantitative estimate of drug-likeness (QED) is 0.537. The second-order valence-corrected chi connectivity index (χ2v) is 4.54. The molecule has 1 saturated carbocycles. The van der Waals surface area contributed by atoms with Gasteiger partial charge >= 0.3 is 0 Å². The Labute approximate surface area is 98.0 Å². The summed E-state index contributed by atoms with van der Waals surface area (Å²) in [5.41, 5.74) is 0. The largest absolute Gasteiger partial charge is 0.385 e. The minimum Gasteiger partial charge on any atom is -0.385 e. The molecule has 1 aliphatic carbocycles. The van der Waals surface area contributed by atoms with E-state index in [0.717, 1.165) is 37.1 Å². The van der Waals surface area contributed by atoms with Gasteiger partial charge in [-0.3, -0.25) is 0 Å². The number of nitrogens with one attached hydrogen (secondary N) is 2. The third kappa shape index (κ3) is 5.95. The Kier molecular flexibility index (Phi) is 6.68. The highest BCUT2D eigenvalue weighted by molar-refractivity contribution is 7.80. The number of thiocarbonyl (C=S) groups is 1. The molecule has 0 amide bonds. The van der Waals surface area contributed by atoms with Gasteiger partial charge in [0.1, 0.15) is 0 Å². The van der Waals surface area contributed by atoms with E-state index in [9.17, 15) is 0 Å². The van der Waals surface area contributed by atoms with E-state index in [-0.39, 0.29) is 0 Å². The molecule has 2 N–H and O–H groups in total. The van der Waals surface area contributed by atoms with E-state index in [1.165, 1.54) is 25.7 Å². The van der Waals surface area contributed by atoms with Crippen LogP contribution < -0.4 is 10.6 Å². The molecule has 1 fully saturated rings. The van der Waals surface area contributed by atoms with Crippen LogP contribution in [0.25, 0.3) is 0 Å². The molecular weight excluding hydrogens is 208 g/mol. The second-order valence-electron chi connectivity index (χ2n) is 4.13. The van der Waals surface area contributed by atoms with E-state index >= 15 is 0 Å². The standard InChI is InChI=1S/C11H22N2OS/c1-14-8-4-7-12-11(15)13-9-10-5-2-3-6-10/h10H,2-9H2,1H3,(H2,12,13,15). The van der Waals surface area contributed by atoms with Crippen molar-refractivity contribution in [2.45, 2.75) is 32.1 Å². The summed E-state index contributed by atoms with van der Waals surface area (Å²) < 4.78 is 4.96. The number of methoxy groups -OCH3 is 1. The van der Waals surface area contributed by atoms with Crippen molar-refractivity contribution in [1.82, 2.24) is 10.6 Å². The lowest BCUT2D eigenvalue weighted by molar-refractivity contribution is 0.195. The SMILES string of the molecule is COCCCNC(=S)NCC1CCCC1. The van der Waals surface area contributed by atoms with Crippen LogP contribution in [-0.4, -0.2) is 31.9 Å². The van der Waals surface area contributed by atoms with Gasteiger partial charge in [0.15, 0.2) is 5.11 Å². The van der Waals surface area contributed by atoms with Gasteiger partial charge in [0.05, 0.1) is 0 Å². The normalized spacial score (nSPS) is 16.6. The molecule has 0 saturated heterocycles. The summed E-state index contributed by atoms with van der Waals surface area (Å²) in [5.74, 6) is 0.837. The second kappa shape index (κ2) is 7.88. The number of hydrogen-bond donors (Lipinski definition) is 2. The van der Waals surface area contributed by atoms with Gasteiger partial charge in [-0.15, -0.1) is 0 Å². The highest BCUT2D eigenvalue weighted by Gasteiger charge is 2.14. The Hall–Kier alpha value is -0.350. The van der Waals surface area contributed by atoms with Crippen molar-refractivity contribution in [1.29, 1.82) is 0 Å². The Bertz CT molecular complexity index is 181. The van der Waals surface area contributed by atoms with Crippen molar-refractivity contribution in [2.24, 2.45) is 5.92 Å². The van der Waals surface area contributed by atoms with Gasteiger partial charge in [0, 0.05) is 26.8 Å². The monoisotopic (exact) mass is 230 g/mol. The van der Waals surface area contributed by atoms with Gasteiger partial charge in [-0.1, -0.05) is 12.8 Å². The summed E-state index contributed by atoms with van der Waals surface area (Å²) in [5, 5.41) is 7.25. The van der Waals surface area contributed by atoms with Crippen molar-refractivity contribution < 1.29 is 4.74 Å². The zero-order valence-electron chi connectivity index (χ0n) is 9.55. The fraction of sp³-hybridized carbons (Fsp3) is 0.909. The van der Waals surface area contributed by atoms with Crippen LogP contribution in [-0.2, 0) is 4.74 Å². The maximum Gasteiger partial charge on any atom is 0.166 e. The maximum absolute atomic E-state index is 5.18. The molecule has 0 aliphatic heterocycles. The first-order valence-electron chi connectivity index (χ1n) is 5.83. The number of hydrogen-bond acceptors (Lipinski definition) is 2. The average molecular weight is 230 g/mol. The Morgan fingerprint density at radius 2 is 2.07 bits per heavy atom. The van der Waals surface area contributed by atoms with Gasteiger partial charge < -0.3 is 15.4 Å². The van der Waals surface area contributed by atoms with E-state index in [4.69, 9.17) is 17.0 Å². The lowest BCUT2D eigenvalue weighted by atomic mass is 10.1. The molecule has 88 valence electrons. The molecule has 0 aromatic heterocycles. The van der Waals surface area contributed by atoms with Gasteiger partial charge in [0.2, 0.25) is 0 Å². The first kappa shape index (κ1) is 12.7. The lowest BCUT2D eigenvalue weighted by Gasteiger charge is -2.13. The highest BCUT2D eigenvalue weighted by atomic mass is 32.1. The molecular formula is C11H22N2OS. The van der Waals surface area contributed by atoms with E-state index in [0.29, 0.717) is 0 Å². The van der Waals surface area contributed by atoms with Crippen LogP contribution in [0.5, 0.6) is 0 Å². The zero-order chi connectivity index (χ0) is 10.9. The van der Waals surface area contributed by atoms with Gasteiger partial charge in [-0.05, 0) is 37.4 Å². The van der Waals surface area contributed by atoms with Gasteiger partial charge in [-0.2, -0.15) is 0 Å². The molecule has 1 aliphatic rings. The van der Waals surface area contributed by atoms with E-state index in [1.807, 2.05) is 0 Å². The van der Waals surface area contributed by atoms with Crippen LogP contribution in [0.3, 0.4) is 0 Å². The van der Waals surface area contributed by atoms with E-state index in [2.05, 4.69) is 10.6 Å². The molecule has 0 bridgehead atoms. The van der Waals surface area contributed by atoms with Crippen molar-refractivity contribution in [2.75, 3.05) is 26.8 Å². The Morgan fingerprint density at radius 1 is 1.33 bits per heavy atom. The zero-order valence-corrected chi connectivity index (χ0v) is 10.4. The minimum absolute atomic E-state index is 0.790. The van der Waals surface area contributed by atoms with Crippen LogP contribution in [0.1, 0.15) is 32.1 Å². The topological polar surface area (TPSA) is 33.3 Å². The lowest BCUT2D eigenvalue weighted by Crippen LogP contribution is -2.38. The molecule has 15 heavy (non-hydrogen) atoms. The predicted octanol–water partition coefficient (Wildman–Crippen LogP) is 1.68. The summed E-state index contributed by atoms with van der Waals surface area (Å²) >= 11 is 5.18. The molecule has 0 radical (unpaired) electrons. The first-order chi connectivity index (χ1) is 7.33. The van der Waals surface area contributed by atoms with Crippen molar-refractivity contribution in [3.8, 4) is 0 Å². The predicted molar refractivity (Wildman–Crippen MR) is 67.1 cm³/mol. The van der Waals surface area contributed by atoms with E-state index in [1.54, 1.807) is 7.11 Å². The fourth-order valence-corrected chi connectivity index (χ4v) is 2.12. The van der Waals surface area contributed by atoms with Crippen molar-refractivity contribution >= 4 is 17.3 Å². The summed E-state index contributed by atoms with van der Waals surface area (Å²) in [6.45, 7) is 2.72. The Morgan fingerprint density at radius 3 is 2.73 bits per heavy atom. The molecule has 0 atom stereocenters. The van der Waals surface area contributed by atoms with Crippen LogP contribution in [0.4, 0.5) is 0 Å². The molecule has 0 aromatic rings. The number of ether oxygens (including phenoxy) is 1. The summed E-state index contributed by atoms with van der Waals surface area (Å²) in [7, 11) is 1.72. The number of rotatable bonds is 6. The molecule has 0 spiro atoms. The Balaban J connectivity index is 1.93. The van der Waals surface area contributed by atoms with E-state index < -0.39 is 0 Å². The van der Waals surface area contributed by atoms with Gasteiger partial charge in [-0.25, -0.2) is 0 Å². The average Bonchev–Trinajstić information content (AvgIpc) is 2.74. The van der Waals surface area contributed by atoms with Crippen LogP contribution in [0, 0.1) is 5.92 Å². The molecule has 0 unspecified atom stereocenters. The first-order valence-corrected chi connectivity index (χ1v) is 6.24. The molecule has 1 rings (SSSR count). The fourth-order valence-electron chi connectivity index (χ4n) is 1.93.